The molecule has 114 valence electrons. The molecule has 0 aliphatic heterocycles. The maximum atomic E-state index is 12.2. The Hall–Kier alpha value is -0.430. The lowest BCUT2D eigenvalue weighted by molar-refractivity contribution is 0.378. The number of nitrogens with one attached hydrogen (secondary N) is 2. The summed E-state index contributed by atoms with van der Waals surface area (Å²) in [6.07, 6.45) is 3.31. The Bertz CT molecular complexity index is 540. The Labute approximate surface area is 126 Å². The molecule has 0 aromatic carbocycles. The van der Waals surface area contributed by atoms with Gasteiger partial charge in [-0.2, -0.15) is 0 Å². The Balaban J connectivity index is 1.87. The second-order valence-electron chi connectivity index (χ2n) is 6.61. The molecule has 1 aliphatic carbocycles. The van der Waals surface area contributed by atoms with E-state index in [2.05, 4.69) is 30.8 Å². The lowest BCUT2D eigenvalue weighted by atomic mass is 9.93. The molecule has 20 heavy (non-hydrogen) atoms. The van der Waals surface area contributed by atoms with Crippen molar-refractivity contribution in [1.29, 1.82) is 0 Å². The van der Waals surface area contributed by atoms with Crippen LogP contribution in [-0.4, -0.2) is 21.0 Å². The van der Waals surface area contributed by atoms with Crippen LogP contribution in [0.2, 0.25) is 0 Å². The summed E-state index contributed by atoms with van der Waals surface area (Å²) in [4.78, 5) is 1.47. The Morgan fingerprint density at radius 3 is 2.65 bits per heavy atom. The Kier molecular flexibility index (Phi) is 4.89. The van der Waals surface area contributed by atoms with Gasteiger partial charge in [-0.05, 0) is 30.7 Å². The van der Waals surface area contributed by atoms with Crippen molar-refractivity contribution in [3.63, 3.8) is 0 Å². The summed E-state index contributed by atoms with van der Waals surface area (Å²) in [7, 11) is -3.35. The number of sulfonamides is 1. The van der Waals surface area contributed by atoms with Crippen molar-refractivity contribution in [2.45, 2.75) is 57.5 Å². The van der Waals surface area contributed by atoms with Crippen LogP contribution in [0.25, 0.3) is 0 Å². The predicted octanol–water partition coefficient (Wildman–Crippen LogP) is 2.71. The molecule has 4 nitrogen and oxygen atoms in total. The van der Waals surface area contributed by atoms with Crippen LogP contribution in [0.3, 0.4) is 0 Å². The van der Waals surface area contributed by atoms with Gasteiger partial charge in [-0.1, -0.05) is 20.8 Å². The summed E-state index contributed by atoms with van der Waals surface area (Å²) < 4.78 is 27.0. The first-order valence-electron chi connectivity index (χ1n) is 7.07. The largest absolute Gasteiger partial charge is 0.309 e. The molecular weight excluding hydrogens is 292 g/mol. The first-order valence-corrected chi connectivity index (χ1v) is 9.43. The van der Waals surface area contributed by atoms with E-state index in [1.165, 1.54) is 24.2 Å². The van der Waals surface area contributed by atoms with Crippen LogP contribution in [0.15, 0.2) is 16.3 Å². The number of hydrogen-bond acceptors (Lipinski definition) is 4. The van der Waals surface area contributed by atoms with Crippen LogP contribution in [-0.2, 0) is 16.6 Å². The number of thiophene rings is 1. The van der Waals surface area contributed by atoms with Gasteiger partial charge in [0.15, 0.2) is 0 Å². The molecule has 0 bridgehead atoms. The predicted molar refractivity (Wildman–Crippen MR) is 83.4 cm³/mol. The van der Waals surface area contributed by atoms with Crippen molar-refractivity contribution in [2.24, 2.45) is 5.41 Å². The molecule has 1 aromatic rings. The molecule has 1 heterocycles. The molecule has 2 rings (SSSR count). The summed E-state index contributed by atoms with van der Waals surface area (Å²) in [5.41, 5.74) is 0.135. The summed E-state index contributed by atoms with van der Waals surface area (Å²) in [6.45, 7) is 7.57. The quantitative estimate of drug-likeness (QED) is 0.813. The lowest BCUT2D eigenvalue weighted by Gasteiger charge is -2.17. The fourth-order valence-electron chi connectivity index (χ4n) is 1.77. The van der Waals surface area contributed by atoms with Gasteiger partial charge in [-0.3, -0.25) is 0 Å². The third-order valence-corrected chi connectivity index (χ3v) is 5.78. The molecule has 1 fully saturated rings. The van der Waals surface area contributed by atoms with E-state index in [-0.39, 0.29) is 5.41 Å². The highest BCUT2D eigenvalue weighted by molar-refractivity contribution is 7.89. The summed E-state index contributed by atoms with van der Waals surface area (Å²) in [6, 6.07) is 2.42. The molecule has 0 spiro atoms. The van der Waals surface area contributed by atoms with Gasteiger partial charge in [0.25, 0.3) is 0 Å². The molecule has 0 saturated heterocycles. The molecule has 0 amide bonds. The van der Waals surface area contributed by atoms with Gasteiger partial charge >= 0.3 is 0 Å². The van der Waals surface area contributed by atoms with Gasteiger partial charge < -0.3 is 5.32 Å². The van der Waals surface area contributed by atoms with Crippen molar-refractivity contribution >= 4 is 21.4 Å². The zero-order valence-electron chi connectivity index (χ0n) is 12.4. The van der Waals surface area contributed by atoms with Crippen LogP contribution >= 0.6 is 11.3 Å². The monoisotopic (exact) mass is 316 g/mol. The third kappa shape index (κ3) is 5.16. The molecule has 6 heteroatoms. The van der Waals surface area contributed by atoms with Crippen molar-refractivity contribution in [3.8, 4) is 0 Å². The fourth-order valence-corrected chi connectivity index (χ4v) is 4.03. The van der Waals surface area contributed by atoms with Crippen molar-refractivity contribution in [1.82, 2.24) is 10.0 Å². The van der Waals surface area contributed by atoms with Gasteiger partial charge in [0.2, 0.25) is 10.0 Å². The molecular formula is C14H24N2O2S2. The summed E-state index contributed by atoms with van der Waals surface area (Å²) >= 11 is 1.50. The molecule has 1 aromatic heterocycles. The normalized spacial score (nSPS) is 16.6. The Morgan fingerprint density at radius 1 is 1.35 bits per heavy atom. The highest BCUT2D eigenvalue weighted by Gasteiger charge is 2.21. The lowest BCUT2D eigenvalue weighted by Crippen LogP contribution is -2.27. The molecule has 1 aliphatic rings. The van der Waals surface area contributed by atoms with E-state index < -0.39 is 10.0 Å². The number of hydrogen-bond donors (Lipinski definition) is 2. The highest BCUT2D eigenvalue weighted by Crippen LogP contribution is 2.23. The van der Waals surface area contributed by atoms with Crippen LogP contribution in [0.4, 0.5) is 0 Å². The smallest absolute Gasteiger partial charge is 0.241 e. The van der Waals surface area contributed by atoms with E-state index >= 15 is 0 Å². The van der Waals surface area contributed by atoms with E-state index in [1.54, 1.807) is 11.4 Å². The average Bonchev–Trinajstić information content (AvgIpc) is 3.01. The molecule has 2 N–H and O–H groups in total. The van der Waals surface area contributed by atoms with Crippen LogP contribution in [0.1, 0.15) is 44.9 Å². The minimum Gasteiger partial charge on any atom is -0.309 e. The van der Waals surface area contributed by atoms with E-state index in [9.17, 15) is 8.42 Å². The van der Waals surface area contributed by atoms with E-state index in [1.807, 2.05) is 0 Å². The van der Waals surface area contributed by atoms with Gasteiger partial charge in [-0.15, -0.1) is 11.3 Å². The van der Waals surface area contributed by atoms with Gasteiger partial charge in [-0.25, -0.2) is 13.1 Å². The second-order valence-corrected chi connectivity index (χ2v) is 9.38. The topological polar surface area (TPSA) is 58.2 Å². The number of rotatable bonds is 7. The zero-order chi connectivity index (χ0) is 14.8. The van der Waals surface area contributed by atoms with Crippen LogP contribution in [0, 0.1) is 5.41 Å². The first-order chi connectivity index (χ1) is 9.26. The SMILES string of the molecule is CC(C)(C)CCNS(=O)(=O)c1csc(CNC2CC2)c1. The van der Waals surface area contributed by atoms with Crippen molar-refractivity contribution in [2.75, 3.05) is 6.54 Å². The zero-order valence-corrected chi connectivity index (χ0v) is 14.0. The minimum absolute atomic E-state index is 0.135. The van der Waals surface area contributed by atoms with Crippen molar-refractivity contribution < 1.29 is 8.42 Å². The van der Waals surface area contributed by atoms with Gasteiger partial charge in [0, 0.05) is 29.4 Å². The second kappa shape index (κ2) is 6.13. The fraction of sp³-hybridized carbons (Fsp3) is 0.714. The van der Waals surface area contributed by atoms with Crippen LogP contribution in [0.5, 0.6) is 0 Å². The minimum atomic E-state index is -3.35. The summed E-state index contributed by atoms with van der Waals surface area (Å²) in [5, 5.41) is 5.12. The Morgan fingerprint density at radius 2 is 2.05 bits per heavy atom. The maximum Gasteiger partial charge on any atom is 0.241 e. The van der Waals surface area contributed by atoms with Gasteiger partial charge in [0.1, 0.15) is 0 Å². The van der Waals surface area contributed by atoms with Crippen molar-refractivity contribution in [3.05, 3.63) is 16.3 Å². The molecule has 0 unspecified atom stereocenters. The van der Waals surface area contributed by atoms with E-state index in [4.69, 9.17) is 0 Å². The molecule has 0 atom stereocenters. The first kappa shape index (κ1) is 15.9. The van der Waals surface area contributed by atoms with E-state index in [0.29, 0.717) is 17.5 Å². The highest BCUT2D eigenvalue weighted by atomic mass is 32.2. The average molecular weight is 316 g/mol. The molecule has 1 saturated carbocycles. The van der Waals surface area contributed by atoms with Crippen LogP contribution < -0.4 is 10.0 Å². The van der Waals surface area contributed by atoms with Gasteiger partial charge in [0.05, 0.1) is 4.90 Å². The van der Waals surface area contributed by atoms with E-state index in [0.717, 1.165) is 17.8 Å². The third-order valence-electron chi connectivity index (χ3n) is 3.25. The standard InChI is InChI=1S/C14H24N2O2S2/c1-14(2,3)6-7-16-20(17,18)13-8-12(19-10-13)9-15-11-4-5-11/h8,10-11,15-16H,4-7,9H2,1-3H3. The maximum absolute atomic E-state index is 12.2. The summed E-state index contributed by atoms with van der Waals surface area (Å²) in [5.74, 6) is 0. The molecule has 0 radical (unpaired) electrons.